The highest BCUT2D eigenvalue weighted by molar-refractivity contribution is 5.09. The fourth-order valence-electron chi connectivity index (χ4n) is 1.39. The zero-order valence-corrected chi connectivity index (χ0v) is 7.66. The zero-order chi connectivity index (χ0) is 8.97. The molecule has 0 amide bonds. The molecule has 1 N–H and O–H groups in total. The number of hydrogen-bond donors (Lipinski definition) is 1. The van der Waals surface area contributed by atoms with E-state index in [2.05, 4.69) is 13.8 Å². The molecule has 1 aromatic rings. The molecule has 0 saturated carbocycles. The summed E-state index contributed by atoms with van der Waals surface area (Å²) >= 11 is 0. The second-order valence-corrected chi connectivity index (χ2v) is 3.27. The van der Waals surface area contributed by atoms with E-state index in [-0.39, 0.29) is 6.10 Å². The minimum Gasteiger partial charge on any atom is -0.472 e. The van der Waals surface area contributed by atoms with Gasteiger partial charge in [-0.3, -0.25) is 0 Å². The average Bonchev–Trinajstić information content (AvgIpc) is 2.55. The molecule has 0 radical (unpaired) electrons. The summed E-state index contributed by atoms with van der Waals surface area (Å²) in [6.07, 6.45) is 4.99. The third-order valence-electron chi connectivity index (χ3n) is 2.17. The Hall–Kier alpha value is -0.760. The maximum atomic E-state index is 9.75. The van der Waals surface area contributed by atoms with E-state index in [1.807, 2.05) is 6.07 Å². The van der Waals surface area contributed by atoms with Crippen molar-refractivity contribution in [3.8, 4) is 0 Å². The van der Waals surface area contributed by atoms with Crippen LogP contribution in [0.15, 0.2) is 23.0 Å². The van der Waals surface area contributed by atoms with E-state index in [9.17, 15) is 5.11 Å². The second kappa shape index (κ2) is 4.31. The van der Waals surface area contributed by atoms with E-state index in [1.165, 1.54) is 0 Å². The molecule has 12 heavy (non-hydrogen) atoms. The van der Waals surface area contributed by atoms with Gasteiger partial charge < -0.3 is 9.52 Å². The molecule has 2 nitrogen and oxygen atoms in total. The third kappa shape index (κ3) is 2.11. The number of hydrogen-bond acceptors (Lipinski definition) is 2. The van der Waals surface area contributed by atoms with Gasteiger partial charge in [0.25, 0.3) is 0 Å². The van der Waals surface area contributed by atoms with Crippen LogP contribution >= 0.6 is 0 Å². The third-order valence-corrected chi connectivity index (χ3v) is 2.17. The van der Waals surface area contributed by atoms with Crippen LogP contribution in [-0.4, -0.2) is 5.11 Å². The predicted molar refractivity (Wildman–Crippen MR) is 47.7 cm³/mol. The Morgan fingerprint density at radius 3 is 2.83 bits per heavy atom. The van der Waals surface area contributed by atoms with E-state index in [4.69, 9.17) is 4.42 Å². The van der Waals surface area contributed by atoms with E-state index in [0.29, 0.717) is 5.92 Å². The van der Waals surface area contributed by atoms with Crippen LogP contribution in [0.4, 0.5) is 0 Å². The van der Waals surface area contributed by atoms with Gasteiger partial charge in [0.2, 0.25) is 0 Å². The summed E-state index contributed by atoms with van der Waals surface area (Å²) in [6, 6.07) is 1.82. The summed E-state index contributed by atoms with van der Waals surface area (Å²) in [6.45, 7) is 4.18. The molecule has 2 heteroatoms. The van der Waals surface area contributed by atoms with Gasteiger partial charge in [0.15, 0.2) is 0 Å². The molecular formula is C10H16O2. The standard InChI is InChI=1S/C10H16O2/c1-3-4-8(2)10(11)9-5-6-12-7-9/h5-8,10-11H,3-4H2,1-2H3. The maximum Gasteiger partial charge on any atom is 0.0960 e. The van der Waals surface area contributed by atoms with Crippen molar-refractivity contribution in [1.82, 2.24) is 0 Å². The van der Waals surface area contributed by atoms with Gasteiger partial charge in [-0.15, -0.1) is 0 Å². The van der Waals surface area contributed by atoms with Gasteiger partial charge in [-0.1, -0.05) is 20.3 Å². The van der Waals surface area contributed by atoms with E-state index in [1.54, 1.807) is 12.5 Å². The lowest BCUT2D eigenvalue weighted by Gasteiger charge is -2.16. The molecule has 1 heterocycles. The Bertz CT molecular complexity index is 204. The predicted octanol–water partition coefficient (Wildman–Crippen LogP) is 2.75. The number of furan rings is 1. The van der Waals surface area contributed by atoms with Crippen LogP contribution in [0.5, 0.6) is 0 Å². The number of aliphatic hydroxyl groups is 1. The first-order valence-corrected chi connectivity index (χ1v) is 4.46. The topological polar surface area (TPSA) is 33.4 Å². The molecule has 1 aromatic heterocycles. The molecular weight excluding hydrogens is 152 g/mol. The van der Waals surface area contributed by atoms with Gasteiger partial charge in [0.05, 0.1) is 18.6 Å². The van der Waals surface area contributed by atoms with Crippen LogP contribution in [0, 0.1) is 5.92 Å². The summed E-state index contributed by atoms with van der Waals surface area (Å²) in [5, 5.41) is 9.75. The highest BCUT2D eigenvalue weighted by Crippen LogP contribution is 2.25. The van der Waals surface area contributed by atoms with Crippen molar-refractivity contribution in [2.45, 2.75) is 32.8 Å². The molecule has 0 aromatic carbocycles. The maximum absolute atomic E-state index is 9.75. The van der Waals surface area contributed by atoms with Crippen LogP contribution in [0.2, 0.25) is 0 Å². The van der Waals surface area contributed by atoms with Crippen LogP contribution in [-0.2, 0) is 0 Å². The van der Waals surface area contributed by atoms with Gasteiger partial charge in [-0.2, -0.15) is 0 Å². The van der Waals surface area contributed by atoms with Crippen molar-refractivity contribution in [2.24, 2.45) is 5.92 Å². The zero-order valence-electron chi connectivity index (χ0n) is 7.66. The van der Waals surface area contributed by atoms with Crippen LogP contribution in [0.25, 0.3) is 0 Å². The van der Waals surface area contributed by atoms with Crippen molar-refractivity contribution < 1.29 is 9.52 Å². The Kier molecular flexibility index (Phi) is 3.35. The SMILES string of the molecule is CCCC(C)C(O)c1ccoc1. The molecule has 1 rings (SSSR count). The lowest BCUT2D eigenvalue weighted by Crippen LogP contribution is -2.07. The molecule has 0 bridgehead atoms. The average molecular weight is 168 g/mol. The minimum absolute atomic E-state index is 0.313. The van der Waals surface area contributed by atoms with Crippen molar-refractivity contribution in [2.75, 3.05) is 0 Å². The summed E-state index contributed by atoms with van der Waals surface area (Å²) in [5.41, 5.74) is 0.885. The quantitative estimate of drug-likeness (QED) is 0.749. The number of aliphatic hydroxyl groups excluding tert-OH is 1. The highest BCUT2D eigenvalue weighted by Gasteiger charge is 2.15. The Labute approximate surface area is 73.2 Å². The normalized spacial score (nSPS) is 15.9. The molecule has 0 spiro atoms. The summed E-state index contributed by atoms with van der Waals surface area (Å²) < 4.78 is 4.90. The smallest absolute Gasteiger partial charge is 0.0960 e. The van der Waals surface area contributed by atoms with Gasteiger partial charge in [0.1, 0.15) is 0 Å². The monoisotopic (exact) mass is 168 g/mol. The van der Waals surface area contributed by atoms with E-state index < -0.39 is 0 Å². The molecule has 0 saturated heterocycles. The Balaban J connectivity index is 2.53. The van der Waals surface area contributed by atoms with Crippen molar-refractivity contribution in [3.63, 3.8) is 0 Å². The van der Waals surface area contributed by atoms with Gasteiger partial charge in [-0.25, -0.2) is 0 Å². The van der Waals surface area contributed by atoms with Crippen LogP contribution in [0.3, 0.4) is 0 Å². The van der Waals surface area contributed by atoms with Crippen LogP contribution < -0.4 is 0 Å². The highest BCUT2D eigenvalue weighted by atomic mass is 16.3. The van der Waals surface area contributed by atoms with Gasteiger partial charge >= 0.3 is 0 Å². The fraction of sp³-hybridized carbons (Fsp3) is 0.600. The fourth-order valence-corrected chi connectivity index (χ4v) is 1.39. The largest absolute Gasteiger partial charge is 0.472 e. The van der Waals surface area contributed by atoms with E-state index >= 15 is 0 Å². The molecule has 0 aliphatic heterocycles. The molecule has 2 unspecified atom stereocenters. The molecule has 0 fully saturated rings. The lowest BCUT2D eigenvalue weighted by atomic mass is 9.95. The summed E-state index contributed by atoms with van der Waals surface area (Å²) in [5.74, 6) is 0.313. The van der Waals surface area contributed by atoms with E-state index in [0.717, 1.165) is 18.4 Å². The number of rotatable bonds is 4. The Morgan fingerprint density at radius 2 is 2.33 bits per heavy atom. The van der Waals surface area contributed by atoms with Crippen molar-refractivity contribution in [3.05, 3.63) is 24.2 Å². The molecule has 0 aliphatic rings. The lowest BCUT2D eigenvalue weighted by molar-refractivity contribution is 0.111. The minimum atomic E-state index is -0.372. The first-order chi connectivity index (χ1) is 5.75. The van der Waals surface area contributed by atoms with Crippen molar-refractivity contribution >= 4 is 0 Å². The summed E-state index contributed by atoms with van der Waals surface area (Å²) in [4.78, 5) is 0. The first-order valence-electron chi connectivity index (χ1n) is 4.46. The molecule has 68 valence electrons. The van der Waals surface area contributed by atoms with Gasteiger partial charge in [-0.05, 0) is 18.4 Å². The van der Waals surface area contributed by atoms with Gasteiger partial charge in [0, 0.05) is 5.56 Å². The summed E-state index contributed by atoms with van der Waals surface area (Å²) in [7, 11) is 0. The second-order valence-electron chi connectivity index (χ2n) is 3.27. The van der Waals surface area contributed by atoms with Crippen molar-refractivity contribution in [1.29, 1.82) is 0 Å². The first kappa shape index (κ1) is 9.33. The Morgan fingerprint density at radius 1 is 1.58 bits per heavy atom. The molecule has 0 aliphatic carbocycles. The van der Waals surface area contributed by atoms with Crippen LogP contribution in [0.1, 0.15) is 38.4 Å². The molecule has 2 atom stereocenters.